The molecule has 0 saturated heterocycles. The van der Waals surface area contributed by atoms with Crippen molar-refractivity contribution in [3.63, 3.8) is 0 Å². The molecule has 19 heavy (non-hydrogen) atoms. The average Bonchev–Trinajstić information content (AvgIpc) is 2.95. The Hall–Kier alpha value is -1.81. The molecule has 1 amide bonds. The largest absolute Gasteiger partial charge is 0.399 e. The van der Waals surface area contributed by atoms with Gasteiger partial charge in [0.1, 0.15) is 0 Å². The van der Waals surface area contributed by atoms with Crippen molar-refractivity contribution in [2.75, 3.05) is 10.6 Å². The molecule has 0 saturated carbocycles. The molecule has 3 nitrogen and oxygen atoms in total. The normalized spacial score (nSPS) is 17.5. The molecule has 0 radical (unpaired) electrons. The number of benzene rings is 1. The van der Waals surface area contributed by atoms with Crippen LogP contribution in [0.4, 0.5) is 11.4 Å². The van der Waals surface area contributed by atoms with Crippen LogP contribution in [0.25, 0.3) is 0 Å². The molecule has 3 rings (SSSR count). The first kappa shape index (κ1) is 12.2. The van der Waals surface area contributed by atoms with E-state index in [2.05, 4.69) is 6.92 Å². The first-order valence-corrected chi connectivity index (χ1v) is 7.26. The summed E-state index contributed by atoms with van der Waals surface area (Å²) in [5, 5.41) is 2.00. The Morgan fingerprint density at radius 2 is 2.32 bits per heavy atom. The molecular weight excluding hydrogens is 256 g/mol. The summed E-state index contributed by atoms with van der Waals surface area (Å²) in [6.07, 6.45) is 1.36. The number of nitrogens with zero attached hydrogens (tertiary/aromatic N) is 1. The second kappa shape index (κ2) is 4.70. The number of hydrogen-bond donors (Lipinski definition) is 1. The zero-order valence-electron chi connectivity index (χ0n) is 10.8. The van der Waals surface area contributed by atoms with Crippen molar-refractivity contribution in [2.45, 2.75) is 25.8 Å². The molecule has 0 spiro atoms. The number of carbonyl (C=O) groups excluding carboxylic acids is 1. The molecule has 1 atom stereocenters. The van der Waals surface area contributed by atoms with Crippen molar-refractivity contribution in [1.82, 2.24) is 0 Å². The van der Waals surface area contributed by atoms with Crippen LogP contribution < -0.4 is 10.6 Å². The molecule has 0 fully saturated rings. The van der Waals surface area contributed by atoms with Crippen molar-refractivity contribution in [3.05, 3.63) is 46.2 Å². The third-order valence-corrected chi connectivity index (χ3v) is 4.37. The van der Waals surface area contributed by atoms with Gasteiger partial charge < -0.3 is 10.6 Å². The highest BCUT2D eigenvalue weighted by atomic mass is 32.1. The highest BCUT2D eigenvalue weighted by molar-refractivity contribution is 7.10. The maximum atomic E-state index is 12.5. The van der Waals surface area contributed by atoms with Crippen LogP contribution in [0.2, 0.25) is 0 Å². The van der Waals surface area contributed by atoms with E-state index >= 15 is 0 Å². The van der Waals surface area contributed by atoms with Gasteiger partial charge in [-0.2, -0.15) is 0 Å². The van der Waals surface area contributed by atoms with Gasteiger partial charge in [0.05, 0.1) is 6.42 Å². The third kappa shape index (κ3) is 2.24. The summed E-state index contributed by atoms with van der Waals surface area (Å²) in [6.45, 7) is 2.09. The molecule has 1 unspecified atom stereocenters. The van der Waals surface area contributed by atoms with Crippen LogP contribution in [0, 0.1) is 0 Å². The Labute approximate surface area is 116 Å². The van der Waals surface area contributed by atoms with E-state index in [1.807, 2.05) is 40.6 Å². The fourth-order valence-corrected chi connectivity index (χ4v) is 3.37. The molecule has 0 bridgehead atoms. The van der Waals surface area contributed by atoms with Gasteiger partial charge in [-0.1, -0.05) is 6.07 Å². The van der Waals surface area contributed by atoms with E-state index in [9.17, 15) is 4.79 Å². The average molecular weight is 272 g/mol. The lowest BCUT2D eigenvalue weighted by Gasteiger charge is -2.22. The Morgan fingerprint density at radius 1 is 1.47 bits per heavy atom. The first-order chi connectivity index (χ1) is 9.15. The number of nitrogens with two attached hydrogens (primary N) is 1. The van der Waals surface area contributed by atoms with Crippen molar-refractivity contribution in [1.29, 1.82) is 0 Å². The van der Waals surface area contributed by atoms with E-state index in [0.717, 1.165) is 22.7 Å². The van der Waals surface area contributed by atoms with Gasteiger partial charge in [-0.05, 0) is 48.6 Å². The maximum Gasteiger partial charge on any atom is 0.232 e. The van der Waals surface area contributed by atoms with Crippen LogP contribution in [-0.2, 0) is 17.6 Å². The topological polar surface area (TPSA) is 46.3 Å². The van der Waals surface area contributed by atoms with Gasteiger partial charge in [-0.15, -0.1) is 11.3 Å². The van der Waals surface area contributed by atoms with Gasteiger partial charge in [0, 0.05) is 22.3 Å². The van der Waals surface area contributed by atoms with Crippen LogP contribution >= 0.6 is 11.3 Å². The van der Waals surface area contributed by atoms with E-state index in [-0.39, 0.29) is 11.9 Å². The number of carbonyl (C=O) groups is 1. The maximum absolute atomic E-state index is 12.5. The monoisotopic (exact) mass is 272 g/mol. The van der Waals surface area contributed by atoms with Crippen LogP contribution in [0.3, 0.4) is 0 Å². The molecule has 1 aliphatic heterocycles. The number of thiophene rings is 1. The predicted octanol–water partition coefficient (Wildman–Crippen LogP) is 2.85. The number of amides is 1. The van der Waals surface area contributed by atoms with Gasteiger partial charge >= 0.3 is 0 Å². The Balaban J connectivity index is 1.87. The summed E-state index contributed by atoms with van der Waals surface area (Å²) < 4.78 is 0. The summed E-state index contributed by atoms with van der Waals surface area (Å²) in [6, 6.07) is 10.00. The highest BCUT2D eigenvalue weighted by Crippen LogP contribution is 2.34. The number of anilines is 2. The van der Waals surface area contributed by atoms with E-state index in [0.29, 0.717) is 6.42 Å². The van der Waals surface area contributed by atoms with Gasteiger partial charge in [-0.3, -0.25) is 4.79 Å². The minimum atomic E-state index is 0.165. The lowest BCUT2D eigenvalue weighted by molar-refractivity contribution is -0.118. The summed E-state index contributed by atoms with van der Waals surface area (Å²) in [5.41, 5.74) is 8.76. The Bertz CT molecular complexity index is 607. The third-order valence-electron chi connectivity index (χ3n) is 3.49. The molecule has 2 aromatic rings. The van der Waals surface area contributed by atoms with Gasteiger partial charge in [0.15, 0.2) is 0 Å². The SMILES string of the molecule is CC1Cc2cc(N)ccc2N1C(=O)Cc1cccs1. The van der Waals surface area contributed by atoms with E-state index in [4.69, 9.17) is 5.73 Å². The van der Waals surface area contributed by atoms with Crippen molar-refractivity contribution >= 4 is 28.6 Å². The highest BCUT2D eigenvalue weighted by Gasteiger charge is 2.30. The number of fused-ring (bicyclic) bond motifs is 1. The number of rotatable bonds is 2. The lowest BCUT2D eigenvalue weighted by Crippen LogP contribution is -2.36. The van der Waals surface area contributed by atoms with Crippen LogP contribution in [0.5, 0.6) is 0 Å². The van der Waals surface area contributed by atoms with E-state index in [1.54, 1.807) is 11.3 Å². The predicted molar refractivity (Wildman–Crippen MR) is 79.5 cm³/mol. The first-order valence-electron chi connectivity index (χ1n) is 6.38. The zero-order chi connectivity index (χ0) is 13.4. The molecule has 0 aliphatic carbocycles. The van der Waals surface area contributed by atoms with Crippen molar-refractivity contribution < 1.29 is 4.79 Å². The standard InChI is InChI=1S/C15H16N2OS/c1-10-7-11-8-12(16)4-5-14(11)17(10)15(18)9-13-3-2-6-19-13/h2-6,8,10H,7,9,16H2,1H3. The summed E-state index contributed by atoms with van der Waals surface area (Å²) >= 11 is 1.63. The molecule has 4 heteroatoms. The van der Waals surface area contributed by atoms with Crippen molar-refractivity contribution in [3.8, 4) is 0 Å². The molecule has 2 heterocycles. The molecule has 98 valence electrons. The zero-order valence-corrected chi connectivity index (χ0v) is 11.6. The van der Waals surface area contributed by atoms with E-state index < -0.39 is 0 Å². The minimum Gasteiger partial charge on any atom is -0.399 e. The number of nitrogen functional groups attached to an aromatic ring is 1. The Kier molecular flexibility index (Phi) is 3.03. The van der Waals surface area contributed by atoms with Crippen LogP contribution in [0.1, 0.15) is 17.4 Å². The second-order valence-electron chi connectivity index (χ2n) is 4.96. The smallest absolute Gasteiger partial charge is 0.232 e. The van der Waals surface area contributed by atoms with E-state index in [1.165, 1.54) is 5.56 Å². The minimum absolute atomic E-state index is 0.165. The van der Waals surface area contributed by atoms with Gasteiger partial charge in [0.2, 0.25) is 5.91 Å². The second-order valence-corrected chi connectivity index (χ2v) is 5.99. The van der Waals surface area contributed by atoms with Crippen LogP contribution in [-0.4, -0.2) is 11.9 Å². The number of hydrogen-bond acceptors (Lipinski definition) is 3. The summed E-state index contributed by atoms with van der Waals surface area (Å²) in [7, 11) is 0. The quantitative estimate of drug-likeness (QED) is 0.854. The summed E-state index contributed by atoms with van der Waals surface area (Å²) in [4.78, 5) is 15.5. The molecular formula is C15H16N2OS. The fraction of sp³-hybridized carbons (Fsp3) is 0.267. The molecule has 1 aromatic heterocycles. The fourth-order valence-electron chi connectivity index (χ4n) is 2.68. The molecule has 2 N–H and O–H groups in total. The van der Waals surface area contributed by atoms with Gasteiger partial charge in [0.25, 0.3) is 0 Å². The molecule has 1 aromatic carbocycles. The van der Waals surface area contributed by atoms with Crippen LogP contribution in [0.15, 0.2) is 35.7 Å². The lowest BCUT2D eigenvalue weighted by atomic mass is 10.1. The molecule has 1 aliphatic rings. The van der Waals surface area contributed by atoms with Gasteiger partial charge in [-0.25, -0.2) is 0 Å². The Morgan fingerprint density at radius 3 is 3.05 bits per heavy atom. The van der Waals surface area contributed by atoms with Crippen molar-refractivity contribution in [2.24, 2.45) is 0 Å². The summed E-state index contributed by atoms with van der Waals surface area (Å²) in [5.74, 6) is 0.165.